The Morgan fingerprint density at radius 1 is 1.21 bits per heavy atom. The Labute approximate surface area is 205 Å². The number of hydrogen-bond acceptors (Lipinski definition) is 6. The summed E-state index contributed by atoms with van der Waals surface area (Å²) in [5.41, 5.74) is 1.71. The van der Waals surface area contributed by atoms with Crippen LogP contribution in [-0.4, -0.2) is 59.2 Å². The number of benzene rings is 2. The SMILES string of the molecule is COc1ccc2nccc([C@@H](O)CC[C@@H]3CCN(CCSc4ccccc4F)C[C@@H]3CO)c2c1. The highest BCUT2D eigenvalue weighted by Crippen LogP contribution is 2.33. The molecule has 2 aromatic carbocycles. The normalized spacial score (nSPS) is 19.9. The smallest absolute Gasteiger partial charge is 0.136 e. The van der Waals surface area contributed by atoms with Crippen molar-refractivity contribution in [3.8, 4) is 5.75 Å². The van der Waals surface area contributed by atoms with Crippen LogP contribution in [0.25, 0.3) is 10.9 Å². The van der Waals surface area contributed by atoms with E-state index < -0.39 is 6.10 Å². The van der Waals surface area contributed by atoms with Crippen LogP contribution in [0.15, 0.2) is 59.6 Å². The number of thioether (sulfide) groups is 1. The Morgan fingerprint density at radius 3 is 2.85 bits per heavy atom. The van der Waals surface area contributed by atoms with Crippen LogP contribution in [0.5, 0.6) is 5.75 Å². The van der Waals surface area contributed by atoms with Gasteiger partial charge in [-0.15, -0.1) is 11.8 Å². The number of halogens is 1. The Morgan fingerprint density at radius 2 is 2.06 bits per heavy atom. The zero-order valence-corrected chi connectivity index (χ0v) is 20.4. The molecule has 7 heteroatoms. The van der Waals surface area contributed by atoms with Gasteiger partial charge in [0.25, 0.3) is 0 Å². The number of piperidine rings is 1. The van der Waals surface area contributed by atoms with Gasteiger partial charge in [0.15, 0.2) is 0 Å². The minimum Gasteiger partial charge on any atom is -0.497 e. The number of aliphatic hydroxyl groups excluding tert-OH is 2. The van der Waals surface area contributed by atoms with Crippen molar-refractivity contribution < 1.29 is 19.3 Å². The van der Waals surface area contributed by atoms with Crippen LogP contribution in [0.4, 0.5) is 4.39 Å². The predicted octanol–water partition coefficient (Wildman–Crippen LogP) is 4.92. The second kappa shape index (κ2) is 12.0. The summed E-state index contributed by atoms with van der Waals surface area (Å²) in [5.74, 6) is 1.96. The van der Waals surface area contributed by atoms with Gasteiger partial charge in [-0.1, -0.05) is 12.1 Å². The Bertz CT molecular complexity index is 1080. The lowest BCUT2D eigenvalue weighted by molar-refractivity contribution is 0.0608. The van der Waals surface area contributed by atoms with Gasteiger partial charge < -0.3 is 19.8 Å². The molecule has 2 N–H and O–H groups in total. The minimum absolute atomic E-state index is 0.146. The third-order valence-corrected chi connectivity index (χ3v) is 7.89. The zero-order chi connectivity index (χ0) is 23.9. The molecule has 0 bridgehead atoms. The first-order chi connectivity index (χ1) is 16.6. The number of hydrogen-bond donors (Lipinski definition) is 2. The first-order valence-corrected chi connectivity index (χ1v) is 12.9. The molecule has 4 rings (SSSR count). The minimum atomic E-state index is -0.591. The van der Waals surface area contributed by atoms with Gasteiger partial charge in [-0.05, 0) is 79.6 Å². The molecule has 1 aromatic heterocycles. The van der Waals surface area contributed by atoms with E-state index in [1.54, 1.807) is 19.4 Å². The predicted molar refractivity (Wildman–Crippen MR) is 135 cm³/mol. The molecule has 0 amide bonds. The molecule has 2 heterocycles. The Kier molecular flexibility index (Phi) is 8.78. The molecular formula is C27H33FN2O3S. The van der Waals surface area contributed by atoms with E-state index in [-0.39, 0.29) is 18.3 Å². The lowest BCUT2D eigenvalue weighted by Gasteiger charge is -2.38. The average Bonchev–Trinajstić information content (AvgIpc) is 2.88. The summed E-state index contributed by atoms with van der Waals surface area (Å²) in [7, 11) is 1.63. The Balaban J connectivity index is 1.30. The molecule has 0 unspecified atom stereocenters. The van der Waals surface area contributed by atoms with Crippen molar-refractivity contribution in [3.05, 3.63) is 66.1 Å². The fourth-order valence-electron chi connectivity index (χ4n) is 4.88. The van der Waals surface area contributed by atoms with Crippen molar-refractivity contribution in [1.29, 1.82) is 0 Å². The van der Waals surface area contributed by atoms with Crippen molar-refractivity contribution in [1.82, 2.24) is 9.88 Å². The fraction of sp³-hybridized carbons (Fsp3) is 0.444. The van der Waals surface area contributed by atoms with E-state index in [4.69, 9.17) is 4.74 Å². The molecule has 1 aliphatic heterocycles. The molecule has 0 aliphatic carbocycles. The van der Waals surface area contributed by atoms with E-state index in [0.717, 1.165) is 60.4 Å². The fourth-order valence-corrected chi connectivity index (χ4v) is 5.83. The number of aromatic nitrogens is 1. The second-order valence-corrected chi connectivity index (χ2v) is 10.1. The van der Waals surface area contributed by atoms with Crippen molar-refractivity contribution in [2.75, 3.05) is 39.1 Å². The zero-order valence-electron chi connectivity index (χ0n) is 19.6. The van der Waals surface area contributed by atoms with Crippen LogP contribution in [-0.2, 0) is 0 Å². The van der Waals surface area contributed by atoms with E-state index in [1.165, 1.54) is 17.8 Å². The van der Waals surface area contributed by atoms with Crippen LogP contribution in [0.1, 0.15) is 30.9 Å². The number of nitrogens with zero attached hydrogens (tertiary/aromatic N) is 2. The number of rotatable bonds is 10. The molecule has 34 heavy (non-hydrogen) atoms. The molecule has 5 nitrogen and oxygen atoms in total. The number of fused-ring (bicyclic) bond motifs is 1. The number of pyridine rings is 1. The quantitative estimate of drug-likeness (QED) is 0.398. The van der Waals surface area contributed by atoms with Crippen molar-refractivity contribution in [2.24, 2.45) is 11.8 Å². The number of likely N-dealkylation sites (tertiary alicyclic amines) is 1. The topological polar surface area (TPSA) is 65.8 Å². The summed E-state index contributed by atoms with van der Waals surface area (Å²) in [6, 6.07) is 14.5. The molecule has 182 valence electrons. The van der Waals surface area contributed by atoms with Gasteiger partial charge in [0.1, 0.15) is 11.6 Å². The molecule has 1 aliphatic rings. The average molecular weight is 485 g/mol. The van der Waals surface area contributed by atoms with Crippen LogP contribution in [0.2, 0.25) is 0 Å². The number of aliphatic hydroxyl groups is 2. The summed E-state index contributed by atoms with van der Waals surface area (Å²) < 4.78 is 19.2. The Hall–Kier alpha value is -2.19. The molecule has 1 fully saturated rings. The summed E-state index contributed by atoms with van der Waals surface area (Å²) in [6.07, 6.45) is 3.64. The van der Waals surface area contributed by atoms with Gasteiger partial charge in [-0.25, -0.2) is 4.39 Å². The summed E-state index contributed by atoms with van der Waals surface area (Å²) in [6.45, 7) is 2.82. The molecule has 0 saturated carbocycles. The van der Waals surface area contributed by atoms with E-state index >= 15 is 0 Å². The van der Waals surface area contributed by atoms with E-state index in [2.05, 4.69) is 9.88 Å². The van der Waals surface area contributed by atoms with Crippen molar-refractivity contribution in [3.63, 3.8) is 0 Å². The van der Waals surface area contributed by atoms with Crippen LogP contribution < -0.4 is 4.74 Å². The van der Waals surface area contributed by atoms with E-state index in [9.17, 15) is 14.6 Å². The maximum absolute atomic E-state index is 13.8. The summed E-state index contributed by atoms with van der Waals surface area (Å²) in [5, 5.41) is 21.9. The van der Waals surface area contributed by atoms with Gasteiger partial charge in [0.2, 0.25) is 0 Å². The highest BCUT2D eigenvalue weighted by molar-refractivity contribution is 7.99. The third-order valence-electron chi connectivity index (χ3n) is 6.86. The van der Waals surface area contributed by atoms with E-state index in [1.807, 2.05) is 36.4 Å². The molecule has 3 atom stereocenters. The van der Waals surface area contributed by atoms with E-state index in [0.29, 0.717) is 17.2 Å². The number of methoxy groups -OCH3 is 1. The molecule has 0 spiro atoms. The molecule has 3 aromatic rings. The first kappa shape index (κ1) is 24.9. The molecule has 0 radical (unpaired) electrons. The lowest BCUT2D eigenvalue weighted by Crippen LogP contribution is -2.43. The summed E-state index contributed by atoms with van der Waals surface area (Å²) >= 11 is 1.54. The standard InChI is InChI=1S/C27H33FN2O3S/c1-33-21-7-8-25-23(16-21)22(10-12-29-25)26(32)9-6-19-11-13-30(17-20(19)18-31)14-15-34-27-5-3-2-4-24(27)28/h2-5,7-8,10,12,16,19-20,26,31-32H,6,9,11,13-15,17-18H2,1H3/t19-,20-,26+/m1/s1. The maximum atomic E-state index is 13.8. The van der Waals surface area contributed by atoms with Gasteiger partial charge in [-0.3, -0.25) is 4.98 Å². The summed E-state index contributed by atoms with van der Waals surface area (Å²) in [4.78, 5) is 7.46. The van der Waals surface area contributed by atoms with Crippen LogP contribution in [0.3, 0.4) is 0 Å². The lowest BCUT2D eigenvalue weighted by atomic mass is 9.81. The van der Waals surface area contributed by atoms with Gasteiger partial charge in [0.05, 0.1) is 18.7 Å². The highest BCUT2D eigenvalue weighted by Gasteiger charge is 2.29. The van der Waals surface area contributed by atoms with Crippen molar-refractivity contribution in [2.45, 2.75) is 30.3 Å². The third kappa shape index (κ3) is 6.08. The maximum Gasteiger partial charge on any atom is 0.136 e. The molecule has 1 saturated heterocycles. The molecular weight excluding hydrogens is 451 g/mol. The first-order valence-electron chi connectivity index (χ1n) is 11.9. The highest BCUT2D eigenvalue weighted by atomic mass is 32.2. The van der Waals surface area contributed by atoms with Gasteiger partial charge >= 0.3 is 0 Å². The van der Waals surface area contributed by atoms with Crippen LogP contribution in [0, 0.1) is 17.7 Å². The van der Waals surface area contributed by atoms with Gasteiger partial charge in [-0.2, -0.15) is 0 Å². The van der Waals surface area contributed by atoms with Gasteiger partial charge in [0, 0.05) is 41.9 Å². The number of ether oxygens (including phenoxy) is 1. The van der Waals surface area contributed by atoms with Crippen LogP contribution >= 0.6 is 11.8 Å². The second-order valence-electron chi connectivity index (χ2n) is 8.95. The largest absolute Gasteiger partial charge is 0.497 e. The van der Waals surface area contributed by atoms with Crippen molar-refractivity contribution >= 4 is 22.7 Å². The monoisotopic (exact) mass is 484 g/mol.